The van der Waals surface area contributed by atoms with Gasteiger partial charge in [0.05, 0.1) is 18.3 Å². The van der Waals surface area contributed by atoms with Crippen LogP contribution in [0.15, 0.2) is 0 Å². The number of esters is 1. The maximum absolute atomic E-state index is 10.8. The van der Waals surface area contributed by atoms with Crippen LogP contribution in [-0.4, -0.2) is 27.1 Å². The van der Waals surface area contributed by atoms with Crippen molar-refractivity contribution in [3.05, 3.63) is 0 Å². The zero-order valence-corrected chi connectivity index (χ0v) is 6.97. The van der Waals surface area contributed by atoms with Gasteiger partial charge in [0.25, 0.3) is 0 Å². The van der Waals surface area contributed by atoms with Crippen LogP contribution in [0.25, 0.3) is 0 Å². The van der Waals surface area contributed by atoms with Gasteiger partial charge in [-0.1, -0.05) is 0 Å². The molecule has 0 aromatic carbocycles. The molecule has 1 unspecified atom stereocenters. The summed E-state index contributed by atoms with van der Waals surface area (Å²) in [6, 6.07) is 0. The zero-order valence-electron chi connectivity index (χ0n) is 6.15. The van der Waals surface area contributed by atoms with Gasteiger partial charge in [0.2, 0.25) is 0 Å². The molecule has 64 valence electrons. The van der Waals surface area contributed by atoms with Crippen LogP contribution in [0.1, 0.15) is 12.8 Å². The van der Waals surface area contributed by atoms with Gasteiger partial charge in [-0.2, -0.15) is 0 Å². The highest BCUT2D eigenvalue weighted by atomic mass is 32.2. The fourth-order valence-corrected chi connectivity index (χ4v) is 2.00. The SMILES string of the molecule is COC(=O)[C@@H]1CC[C@@H]1S(=O)O. The summed E-state index contributed by atoms with van der Waals surface area (Å²) in [5, 5.41) is -0.401. The Bertz CT molecular complexity index is 191. The smallest absolute Gasteiger partial charge is 0.309 e. The van der Waals surface area contributed by atoms with E-state index < -0.39 is 16.3 Å². The van der Waals surface area contributed by atoms with Crippen molar-refractivity contribution in [3.8, 4) is 0 Å². The lowest BCUT2D eigenvalue weighted by atomic mass is 9.85. The van der Waals surface area contributed by atoms with Gasteiger partial charge in [-0.3, -0.25) is 4.79 Å². The summed E-state index contributed by atoms with van der Waals surface area (Å²) < 4.78 is 23.6. The summed E-state index contributed by atoms with van der Waals surface area (Å²) in [5.41, 5.74) is 0. The molecule has 4 nitrogen and oxygen atoms in total. The Morgan fingerprint density at radius 2 is 2.27 bits per heavy atom. The van der Waals surface area contributed by atoms with Gasteiger partial charge in [0.1, 0.15) is 0 Å². The van der Waals surface area contributed by atoms with E-state index in [2.05, 4.69) is 4.74 Å². The summed E-state index contributed by atoms with van der Waals surface area (Å²) in [4.78, 5) is 10.8. The molecule has 11 heavy (non-hydrogen) atoms. The molecular weight excluding hydrogens is 168 g/mol. The van der Waals surface area contributed by atoms with Crippen molar-refractivity contribution in [3.63, 3.8) is 0 Å². The van der Waals surface area contributed by atoms with Crippen molar-refractivity contribution in [1.29, 1.82) is 0 Å². The second kappa shape index (κ2) is 3.32. The zero-order chi connectivity index (χ0) is 8.43. The number of hydrogen-bond donors (Lipinski definition) is 1. The van der Waals surface area contributed by atoms with Crippen molar-refractivity contribution < 1.29 is 18.3 Å². The van der Waals surface area contributed by atoms with Crippen LogP contribution in [0.4, 0.5) is 0 Å². The van der Waals surface area contributed by atoms with E-state index in [-0.39, 0.29) is 11.9 Å². The molecule has 0 aliphatic heterocycles. The Morgan fingerprint density at radius 1 is 1.64 bits per heavy atom. The summed E-state index contributed by atoms with van der Waals surface area (Å²) in [5.74, 6) is -0.727. The van der Waals surface area contributed by atoms with E-state index in [0.717, 1.165) is 0 Å². The summed E-state index contributed by atoms with van der Waals surface area (Å²) in [6.45, 7) is 0. The van der Waals surface area contributed by atoms with Gasteiger partial charge < -0.3 is 9.29 Å². The van der Waals surface area contributed by atoms with E-state index in [1.165, 1.54) is 7.11 Å². The van der Waals surface area contributed by atoms with Gasteiger partial charge in [-0.25, -0.2) is 4.21 Å². The van der Waals surface area contributed by atoms with E-state index in [9.17, 15) is 9.00 Å². The van der Waals surface area contributed by atoms with E-state index >= 15 is 0 Å². The lowest BCUT2D eigenvalue weighted by Gasteiger charge is -2.30. The molecule has 0 radical (unpaired) electrons. The molecule has 3 atom stereocenters. The third kappa shape index (κ3) is 1.59. The lowest BCUT2D eigenvalue weighted by molar-refractivity contribution is -0.147. The van der Waals surface area contributed by atoms with Crippen LogP contribution in [0.3, 0.4) is 0 Å². The molecule has 0 aromatic heterocycles. The molecule has 0 saturated heterocycles. The Morgan fingerprint density at radius 3 is 2.55 bits per heavy atom. The minimum atomic E-state index is -1.88. The average Bonchev–Trinajstić information content (AvgIpc) is 1.83. The Kier molecular flexibility index (Phi) is 2.62. The number of ether oxygens (including phenoxy) is 1. The molecule has 5 heteroatoms. The Balaban J connectivity index is 2.49. The van der Waals surface area contributed by atoms with Crippen LogP contribution < -0.4 is 0 Å². The van der Waals surface area contributed by atoms with Gasteiger partial charge in [-0.05, 0) is 12.8 Å². The van der Waals surface area contributed by atoms with Crippen molar-refractivity contribution in [2.24, 2.45) is 5.92 Å². The molecule has 1 N–H and O–H groups in total. The highest BCUT2D eigenvalue weighted by Crippen LogP contribution is 2.31. The first-order valence-electron chi connectivity index (χ1n) is 3.34. The van der Waals surface area contributed by atoms with Crippen LogP contribution in [0.2, 0.25) is 0 Å². The molecule has 0 heterocycles. The maximum Gasteiger partial charge on any atom is 0.309 e. The first-order chi connectivity index (χ1) is 5.16. The van der Waals surface area contributed by atoms with Crippen LogP contribution in [0, 0.1) is 5.92 Å². The molecule has 0 amide bonds. The summed E-state index contributed by atoms with van der Waals surface area (Å²) >= 11 is -1.88. The molecule has 0 spiro atoms. The summed E-state index contributed by atoms with van der Waals surface area (Å²) in [6.07, 6.45) is 1.31. The number of methoxy groups -OCH3 is 1. The number of rotatable bonds is 2. The normalized spacial score (nSPS) is 32.2. The van der Waals surface area contributed by atoms with Crippen LogP contribution in [-0.2, 0) is 20.6 Å². The van der Waals surface area contributed by atoms with Gasteiger partial charge >= 0.3 is 5.97 Å². The first kappa shape index (κ1) is 8.67. The Labute approximate surface area is 67.2 Å². The lowest BCUT2D eigenvalue weighted by Crippen LogP contribution is -2.41. The van der Waals surface area contributed by atoms with E-state index in [4.69, 9.17) is 4.55 Å². The van der Waals surface area contributed by atoms with Crippen molar-refractivity contribution in [2.45, 2.75) is 18.1 Å². The maximum atomic E-state index is 10.8. The second-order valence-corrected chi connectivity index (χ2v) is 3.68. The van der Waals surface area contributed by atoms with Crippen molar-refractivity contribution in [2.75, 3.05) is 7.11 Å². The fourth-order valence-electron chi connectivity index (χ4n) is 1.13. The highest BCUT2D eigenvalue weighted by molar-refractivity contribution is 7.80. The number of hydrogen-bond acceptors (Lipinski definition) is 3. The van der Waals surface area contributed by atoms with E-state index in [1.54, 1.807) is 0 Å². The minimum Gasteiger partial charge on any atom is -0.469 e. The van der Waals surface area contributed by atoms with Crippen molar-refractivity contribution >= 4 is 17.0 Å². The van der Waals surface area contributed by atoms with Crippen molar-refractivity contribution in [1.82, 2.24) is 0 Å². The van der Waals surface area contributed by atoms with E-state index in [0.29, 0.717) is 12.8 Å². The predicted molar refractivity (Wildman–Crippen MR) is 39.3 cm³/mol. The monoisotopic (exact) mass is 178 g/mol. The van der Waals surface area contributed by atoms with Crippen LogP contribution in [0.5, 0.6) is 0 Å². The second-order valence-electron chi connectivity index (χ2n) is 2.52. The standard InChI is InChI=1S/C6H10O4S/c1-10-6(7)4-2-3-5(4)11(8)9/h4-5H,2-3H2,1H3,(H,8,9)/t4-,5+/m1/s1. The fraction of sp³-hybridized carbons (Fsp3) is 0.833. The minimum absolute atomic E-state index is 0.356. The molecule has 1 rings (SSSR count). The third-order valence-corrected chi connectivity index (χ3v) is 3.06. The molecule has 1 fully saturated rings. The summed E-state index contributed by atoms with van der Waals surface area (Å²) in [7, 11) is 1.29. The topological polar surface area (TPSA) is 63.6 Å². The van der Waals surface area contributed by atoms with Gasteiger partial charge in [0, 0.05) is 0 Å². The van der Waals surface area contributed by atoms with Crippen LogP contribution >= 0.6 is 0 Å². The quantitative estimate of drug-likeness (QED) is 0.483. The third-order valence-electron chi connectivity index (χ3n) is 1.97. The molecule has 1 aliphatic carbocycles. The predicted octanol–water partition coefficient (Wildman–Crippen LogP) is 0.160. The molecule has 0 bridgehead atoms. The molecule has 1 aliphatic rings. The van der Waals surface area contributed by atoms with Gasteiger partial charge in [-0.15, -0.1) is 0 Å². The van der Waals surface area contributed by atoms with E-state index in [1.807, 2.05) is 0 Å². The first-order valence-corrected chi connectivity index (χ1v) is 4.51. The van der Waals surface area contributed by atoms with Gasteiger partial charge in [0.15, 0.2) is 11.1 Å². The Hall–Kier alpha value is -0.420. The molecule has 0 aromatic rings. The average molecular weight is 178 g/mol. The number of carbonyl (C=O) groups excluding carboxylic acids is 1. The largest absolute Gasteiger partial charge is 0.469 e. The number of carbonyl (C=O) groups is 1. The highest BCUT2D eigenvalue weighted by Gasteiger charge is 2.41. The molecule has 1 saturated carbocycles. The molecular formula is C6H10O4S.